The number of hydrogen-bond donors (Lipinski definition) is 0. The first kappa shape index (κ1) is 13.9. The van der Waals surface area contributed by atoms with E-state index < -0.39 is 0 Å². The molecule has 0 saturated heterocycles. The van der Waals surface area contributed by atoms with Crippen LogP contribution in [0.4, 0.5) is 0 Å². The fraction of sp³-hybridized carbons (Fsp3) is 0.316. The van der Waals surface area contributed by atoms with Crippen LogP contribution in [0.25, 0.3) is 6.08 Å². The number of carbonyl (C=O) groups is 1. The topological polar surface area (TPSA) is 22.0 Å². The smallest absolute Gasteiger partial charge is 0.209 e. The van der Waals surface area contributed by atoms with Crippen molar-refractivity contribution in [2.75, 3.05) is 0 Å². The summed E-state index contributed by atoms with van der Waals surface area (Å²) in [5.74, 6) is 0.0999. The van der Waals surface area contributed by atoms with E-state index in [1.54, 1.807) is 0 Å². The predicted octanol–water partition coefficient (Wildman–Crippen LogP) is 4.65. The van der Waals surface area contributed by atoms with Crippen LogP contribution in [-0.4, -0.2) is 10.4 Å². The molecule has 2 heterocycles. The lowest BCUT2D eigenvalue weighted by atomic mass is 9.95. The highest BCUT2D eigenvalue weighted by molar-refractivity contribution is 6.08. The quantitative estimate of drug-likeness (QED) is 0.733. The molecule has 0 fully saturated rings. The molecule has 0 N–H and O–H groups in total. The first-order chi connectivity index (χ1) is 9.99. The van der Waals surface area contributed by atoms with Gasteiger partial charge >= 0.3 is 0 Å². The van der Waals surface area contributed by atoms with E-state index in [-0.39, 0.29) is 11.3 Å². The van der Waals surface area contributed by atoms with Crippen LogP contribution in [0.15, 0.2) is 48.0 Å². The van der Waals surface area contributed by atoms with Crippen molar-refractivity contribution in [1.82, 2.24) is 4.57 Å². The fourth-order valence-electron chi connectivity index (χ4n) is 3.09. The largest absolute Gasteiger partial charge is 0.333 e. The number of hydrogen-bond acceptors (Lipinski definition) is 1. The minimum absolute atomic E-state index is 0.0487. The summed E-state index contributed by atoms with van der Waals surface area (Å²) < 4.78 is 2.21. The van der Waals surface area contributed by atoms with Crippen LogP contribution in [0.3, 0.4) is 0 Å². The third kappa shape index (κ3) is 2.46. The van der Waals surface area contributed by atoms with E-state index >= 15 is 0 Å². The molecule has 1 aromatic carbocycles. The van der Waals surface area contributed by atoms with E-state index in [1.807, 2.05) is 36.4 Å². The zero-order chi connectivity index (χ0) is 15.0. The number of ketones is 1. The summed E-state index contributed by atoms with van der Waals surface area (Å²) in [6.07, 6.45) is 4.33. The van der Waals surface area contributed by atoms with Crippen molar-refractivity contribution in [1.29, 1.82) is 0 Å². The van der Waals surface area contributed by atoms with Crippen molar-refractivity contribution < 1.29 is 4.79 Å². The van der Waals surface area contributed by atoms with Crippen LogP contribution in [0, 0.1) is 0 Å². The lowest BCUT2D eigenvalue weighted by Crippen LogP contribution is -2.29. The van der Waals surface area contributed by atoms with Gasteiger partial charge in [0.25, 0.3) is 0 Å². The molecule has 2 heteroatoms. The SMILES string of the molecule is CC1=Cc2ccc(C(=O)c3ccccc3)n2C(C)(C)CC1. The molecule has 0 amide bonds. The van der Waals surface area contributed by atoms with Gasteiger partial charge in [-0.3, -0.25) is 4.79 Å². The first-order valence-electron chi connectivity index (χ1n) is 7.48. The second-order valence-electron chi connectivity index (χ2n) is 6.48. The summed E-state index contributed by atoms with van der Waals surface area (Å²) in [4.78, 5) is 12.8. The minimum atomic E-state index is -0.0487. The Hall–Kier alpha value is -2.09. The highest BCUT2D eigenvalue weighted by Crippen LogP contribution is 2.33. The van der Waals surface area contributed by atoms with Crippen molar-refractivity contribution >= 4 is 11.9 Å². The van der Waals surface area contributed by atoms with Crippen LogP contribution in [0.2, 0.25) is 0 Å². The summed E-state index contributed by atoms with van der Waals surface area (Å²) in [7, 11) is 0. The van der Waals surface area contributed by atoms with E-state index in [4.69, 9.17) is 0 Å². The molecule has 0 saturated carbocycles. The molecular formula is C19H21NO. The Labute approximate surface area is 126 Å². The van der Waals surface area contributed by atoms with Gasteiger partial charge in [-0.15, -0.1) is 0 Å². The predicted molar refractivity (Wildman–Crippen MR) is 86.5 cm³/mol. The number of fused-ring (bicyclic) bond motifs is 1. The molecule has 3 rings (SSSR count). The molecule has 2 nitrogen and oxygen atoms in total. The Morgan fingerprint density at radius 1 is 1.10 bits per heavy atom. The maximum Gasteiger partial charge on any atom is 0.209 e. The molecule has 0 radical (unpaired) electrons. The molecule has 1 aromatic heterocycles. The number of rotatable bonds is 2. The standard InChI is InChI=1S/C19H21NO/c1-14-11-12-19(2,3)20-16(13-14)9-10-17(20)18(21)15-7-5-4-6-8-15/h4-10,13H,11-12H2,1-3H3. The minimum Gasteiger partial charge on any atom is -0.333 e. The van der Waals surface area contributed by atoms with Gasteiger partial charge in [0.1, 0.15) is 0 Å². The molecule has 1 aliphatic heterocycles. The van der Waals surface area contributed by atoms with E-state index in [1.165, 1.54) is 5.57 Å². The third-order valence-corrected chi connectivity index (χ3v) is 4.31. The fourth-order valence-corrected chi connectivity index (χ4v) is 3.09. The normalized spacial score (nSPS) is 16.8. The van der Waals surface area contributed by atoms with E-state index in [0.717, 1.165) is 29.8 Å². The van der Waals surface area contributed by atoms with Gasteiger partial charge in [-0.05, 0) is 51.8 Å². The summed E-state index contributed by atoms with van der Waals surface area (Å²) in [6.45, 7) is 6.59. The second kappa shape index (κ2) is 5.03. The first-order valence-corrected chi connectivity index (χ1v) is 7.48. The van der Waals surface area contributed by atoms with Crippen LogP contribution < -0.4 is 0 Å². The third-order valence-electron chi connectivity index (χ3n) is 4.31. The van der Waals surface area contributed by atoms with Gasteiger partial charge in [0.2, 0.25) is 5.78 Å². The Morgan fingerprint density at radius 3 is 2.52 bits per heavy atom. The van der Waals surface area contributed by atoms with Crippen molar-refractivity contribution in [2.24, 2.45) is 0 Å². The monoisotopic (exact) mass is 279 g/mol. The molecule has 1 aliphatic rings. The molecule has 0 atom stereocenters. The van der Waals surface area contributed by atoms with E-state index in [0.29, 0.717) is 0 Å². The summed E-state index contributed by atoms with van der Waals surface area (Å²) in [5, 5.41) is 0. The molecule has 0 aliphatic carbocycles. The van der Waals surface area contributed by atoms with E-state index in [2.05, 4.69) is 37.5 Å². The van der Waals surface area contributed by atoms with E-state index in [9.17, 15) is 4.79 Å². The second-order valence-corrected chi connectivity index (χ2v) is 6.48. The molecule has 2 aromatic rings. The zero-order valence-electron chi connectivity index (χ0n) is 12.9. The maximum atomic E-state index is 12.8. The highest BCUT2D eigenvalue weighted by atomic mass is 16.1. The van der Waals surface area contributed by atoms with Gasteiger partial charge in [0.15, 0.2) is 0 Å². The number of nitrogens with zero attached hydrogens (tertiary/aromatic N) is 1. The van der Waals surface area contributed by atoms with Crippen molar-refractivity contribution in [2.45, 2.75) is 39.2 Å². The highest BCUT2D eigenvalue weighted by Gasteiger charge is 2.29. The van der Waals surface area contributed by atoms with Crippen LogP contribution in [0.5, 0.6) is 0 Å². The van der Waals surface area contributed by atoms with Gasteiger partial charge in [0, 0.05) is 16.8 Å². The van der Waals surface area contributed by atoms with Gasteiger partial charge in [0.05, 0.1) is 5.69 Å². The lowest BCUT2D eigenvalue weighted by Gasteiger charge is -2.29. The summed E-state index contributed by atoms with van der Waals surface area (Å²) in [5.41, 5.74) is 3.99. The van der Waals surface area contributed by atoms with Crippen molar-refractivity contribution in [3.8, 4) is 0 Å². The molecule has 108 valence electrons. The summed E-state index contributed by atoms with van der Waals surface area (Å²) >= 11 is 0. The van der Waals surface area contributed by atoms with Crippen LogP contribution >= 0.6 is 0 Å². The number of aromatic nitrogens is 1. The summed E-state index contributed by atoms with van der Waals surface area (Å²) in [6, 6.07) is 13.5. The number of allylic oxidation sites excluding steroid dienone is 1. The van der Waals surface area contributed by atoms with Crippen molar-refractivity contribution in [3.63, 3.8) is 0 Å². The number of carbonyl (C=O) groups excluding carboxylic acids is 1. The Bertz CT molecular complexity index is 704. The van der Waals surface area contributed by atoms with Crippen LogP contribution in [-0.2, 0) is 5.54 Å². The molecular weight excluding hydrogens is 258 g/mol. The Morgan fingerprint density at radius 2 is 1.81 bits per heavy atom. The average Bonchev–Trinajstić information content (AvgIpc) is 2.85. The Balaban J connectivity index is 2.13. The van der Waals surface area contributed by atoms with Crippen molar-refractivity contribution in [3.05, 3.63) is 65.0 Å². The molecule has 21 heavy (non-hydrogen) atoms. The zero-order valence-corrected chi connectivity index (χ0v) is 12.9. The van der Waals surface area contributed by atoms with Gasteiger partial charge < -0.3 is 4.57 Å². The molecule has 0 unspecified atom stereocenters. The molecule has 0 bridgehead atoms. The average molecular weight is 279 g/mol. The maximum absolute atomic E-state index is 12.8. The number of benzene rings is 1. The van der Waals surface area contributed by atoms with Gasteiger partial charge in [-0.2, -0.15) is 0 Å². The van der Waals surface area contributed by atoms with Gasteiger partial charge in [-0.1, -0.05) is 35.9 Å². The lowest BCUT2D eigenvalue weighted by molar-refractivity contribution is 0.102. The Kier molecular flexibility index (Phi) is 3.32. The molecule has 0 spiro atoms. The van der Waals surface area contributed by atoms with Crippen LogP contribution in [0.1, 0.15) is 55.4 Å². The van der Waals surface area contributed by atoms with Gasteiger partial charge in [-0.25, -0.2) is 0 Å².